The Morgan fingerprint density at radius 1 is 1.25 bits per heavy atom. The van der Waals surface area contributed by atoms with Gasteiger partial charge in [-0.25, -0.2) is 4.98 Å². The van der Waals surface area contributed by atoms with Crippen LogP contribution in [-0.2, 0) is 9.59 Å². The monoisotopic (exact) mass is 458 g/mol. The van der Waals surface area contributed by atoms with Crippen LogP contribution in [0.3, 0.4) is 0 Å². The van der Waals surface area contributed by atoms with Gasteiger partial charge in [-0.3, -0.25) is 9.59 Å². The van der Waals surface area contributed by atoms with E-state index in [9.17, 15) is 14.7 Å². The molecule has 2 aromatic rings. The molecule has 174 valence electrons. The number of likely N-dealkylation sites (N-methyl/N-ethyl adjacent to an activating group) is 1. The number of hydrogen-bond acceptors (Lipinski definition) is 6. The van der Waals surface area contributed by atoms with E-state index in [2.05, 4.69) is 15.6 Å². The van der Waals surface area contributed by atoms with Gasteiger partial charge in [0.1, 0.15) is 6.04 Å². The van der Waals surface area contributed by atoms with Crippen molar-refractivity contribution in [1.82, 2.24) is 20.5 Å². The molecular weight excluding hydrogens is 424 g/mol. The first-order valence-electron chi connectivity index (χ1n) is 11.0. The van der Waals surface area contributed by atoms with E-state index in [1.807, 2.05) is 64.4 Å². The summed E-state index contributed by atoms with van der Waals surface area (Å²) in [6.07, 6.45) is -0.460. The number of aliphatic hydroxyl groups is 1. The van der Waals surface area contributed by atoms with Crippen LogP contribution in [0.1, 0.15) is 51.4 Å². The number of aromatic nitrogens is 1. The van der Waals surface area contributed by atoms with Gasteiger partial charge in [0.25, 0.3) is 0 Å². The predicted octanol–water partition coefficient (Wildman–Crippen LogP) is 2.89. The third-order valence-corrected chi connectivity index (χ3v) is 7.02. The number of carbonyl (C=O) groups is 2. The minimum Gasteiger partial charge on any atom is -0.391 e. The lowest BCUT2D eigenvalue weighted by molar-refractivity contribution is -0.142. The van der Waals surface area contributed by atoms with E-state index in [0.717, 1.165) is 21.7 Å². The standard InChI is InChI=1S/C24H34N4O3S/c1-14(16-7-9-17(10-8-16)20-15(2)26-13-32-20)27-22(30)19-11-18(29)12-28(19)23(31)21(25-6)24(3,4)5/h7-10,13-14,18-19,21,25,29H,11-12H2,1-6H3,(H,27,30)/t14-,18+,19?,21+/m0/s1. The first-order chi connectivity index (χ1) is 15.0. The average Bonchev–Trinajstić information content (AvgIpc) is 3.33. The van der Waals surface area contributed by atoms with Crippen LogP contribution in [0.2, 0.25) is 0 Å². The lowest BCUT2D eigenvalue weighted by Crippen LogP contribution is -2.56. The predicted molar refractivity (Wildman–Crippen MR) is 127 cm³/mol. The van der Waals surface area contributed by atoms with Crippen molar-refractivity contribution in [2.45, 2.75) is 65.3 Å². The fourth-order valence-electron chi connectivity index (χ4n) is 4.29. The summed E-state index contributed by atoms with van der Waals surface area (Å²) < 4.78 is 0. The highest BCUT2D eigenvalue weighted by molar-refractivity contribution is 7.13. The summed E-state index contributed by atoms with van der Waals surface area (Å²) in [7, 11) is 1.74. The summed E-state index contributed by atoms with van der Waals surface area (Å²) in [5.41, 5.74) is 4.60. The molecule has 32 heavy (non-hydrogen) atoms. The van der Waals surface area contributed by atoms with E-state index in [4.69, 9.17) is 0 Å². The Kier molecular flexibility index (Phi) is 7.37. The van der Waals surface area contributed by atoms with E-state index in [1.54, 1.807) is 18.4 Å². The Labute approximate surface area is 194 Å². The van der Waals surface area contributed by atoms with Crippen molar-refractivity contribution in [3.8, 4) is 10.4 Å². The number of amides is 2. The molecule has 2 amide bonds. The Bertz CT molecular complexity index is 951. The molecule has 1 aromatic carbocycles. The van der Waals surface area contributed by atoms with E-state index in [1.165, 1.54) is 4.90 Å². The maximum atomic E-state index is 13.2. The number of aliphatic hydroxyl groups excluding tert-OH is 1. The topological polar surface area (TPSA) is 94.6 Å². The van der Waals surface area contributed by atoms with Gasteiger partial charge < -0.3 is 20.6 Å². The largest absolute Gasteiger partial charge is 0.391 e. The van der Waals surface area contributed by atoms with Crippen LogP contribution in [0.15, 0.2) is 29.8 Å². The van der Waals surface area contributed by atoms with Crippen LogP contribution >= 0.6 is 11.3 Å². The van der Waals surface area contributed by atoms with Gasteiger partial charge in [0, 0.05) is 13.0 Å². The molecule has 1 fully saturated rings. The number of rotatable bonds is 6. The highest BCUT2D eigenvalue weighted by Gasteiger charge is 2.43. The fourth-order valence-corrected chi connectivity index (χ4v) is 5.11. The Hall–Kier alpha value is -2.29. The highest BCUT2D eigenvalue weighted by Crippen LogP contribution is 2.29. The SMILES string of the molecule is CN[C@H](C(=O)N1C[C@H](O)CC1C(=O)N[C@@H](C)c1ccc(-c2scnc2C)cc1)C(C)(C)C. The van der Waals surface area contributed by atoms with Crippen LogP contribution in [0.25, 0.3) is 10.4 Å². The number of benzene rings is 1. The first kappa shape index (κ1) is 24.4. The average molecular weight is 459 g/mol. The normalized spacial score (nSPS) is 20.8. The van der Waals surface area contributed by atoms with E-state index >= 15 is 0 Å². The van der Waals surface area contributed by atoms with Crippen molar-refractivity contribution in [1.29, 1.82) is 0 Å². The molecule has 1 unspecified atom stereocenters. The first-order valence-corrected chi connectivity index (χ1v) is 11.9. The molecule has 0 radical (unpaired) electrons. The summed E-state index contributed by atoms with van der Waals surface area (Å²) in [5, 5.41) is 16.3. The fraction of sp³-hybridized carbons (Fsp3) is 0.542. The molecule has 0 spiro atoms. The number of β-amino-alcohol motifs (C(OH)–C–C–N with tert-alkyl or cyclic N) is 1. The van der Waals surface area contributed by atoms with Gasteiger partial charge in [-0.15, -0.1) is 11.3 Å². The smallest absolute Gasteiger partial charge is 0.243 e. The van der Waals surface area contributed by atoms with Gasteiger partial charge in [0.15, 0.2) is 0 Å². The summed E-state index contributed by atoms with van der Waals surface area (Å²) in [4.78, 5) is 33.3. The summed E-state index contributed by atoms with van der Waals surface area (Å²) in [5.74, 6) is -0.401. The Morgan fingerprint density at radius 2 is 1.91 bits per heavy atom. The molecule has 1 aliphatic rings. The quantitative estimate of drug-likeness (QED) is 0.619. The molecule has 0 aliphatic carbocycles. The zero-order valence-corrected chi connectivity index (χ0v) is 20.5. The van der Waals surface area contributed by atoms with Gasteiger partial charge in [0.05, 0.1) is 34.3 Å². The van der Waals surface area contributed by atoms with Crippen molar-refractivity contribution < 1.29 is 14.7 Å². The minimum atomic E-state index is -0.704. The summed E-state index contributed by atoms with van der Waals surface area (Å²) in [6.45, 7) is 10.0. The Balaban J connectivity index is 1.70. The van der Waals surface area contributed by atoms with Gasteiger partial charge in [-0.05, 0) is 37.4 Å². The van der Waals surface area contributed by atoms with Crippen LogP contribution < -0.4 is 10.6 Å². The highest BCUT2D eigenvalue weighted by atomic mass is 32.1. The summed E-state index contributed by atoms with van der Waals surface area (Å²) in [6, 6.07) is 6.73. The van der Waals surface area contributed by atoms with Gasteiger partial charge >= 0.3 is 0 Å². The number of carbonyl (C=O) groups excluding carboxylic acids is 2. The molecule has 3 rings (SSSR count). The maximum Gasteiger partial charge on any atom is 0.243 e. The van der Waals surface area contributed by atoms with Crippen molar-refractivity contribution >= 4 is 23.2 Å². The van der Waals surface area contributed by atoms with E-state index in [0.29, 0.717) is 0 Å². The van der Waals surface area contributed by atoms with E-state index in [-0.39, 0.29) is 36.2 Å². The second kappa shape index (κ2) is 9.68. The number of nitrogens with one attached hydrogen (secondary N) is 2. The number of aryl methyl sites for hydroxylation is 1. The van der Waals surface area contributed by atoms with Crippen molar-refractivity contribution in [3.05, 3.63) is 41.0 Å². The molecule has 3 N–H and O–H groups in total. The lowest BCUT2D eigenvalue weighted by Gasteiger charge is -2.34. The number of hydrogen-bond donors (Lipinski definition) is 3. The van der Waals surface area contributed by atoms with Crippen LogP contribution in [0.4, 0.5) is 0 Å². The zero-order valence-electron chi connectivity index (χ0n) is 19.7. The molecule has 4 atom stereocenters. The minimum absolute atomic E-state index is 0.159. The number of nitrogens with zero attached hydrogens (tertiary/aromatic N) is 2. The molecule has 1 aromatic heterocycles. The molecule has 0 bridgehead atoms. The Morgan fingerprint density at radius 3 is 2.44 bits per heavy atom. The van der Waals surface area contributed by atoms with Crippen LogP contribution in [0.5, 0.6) is 0 Å². The van der Waals surface area contributed by atoms with Crippen molar-refractivity contribution in [2.24, 2.45) is 5.41 Å². The molecule has 7 nitrogen and oxygen atoms in total. The molecule has 1 saturated heterocycles. The number of likely N-dealkylation sites (tertiary alicyclic amines) is 1. The second-order valence-corrected chi connectivity index (χ2v) is 10.5. The molecule has 1 aliphatic heterocycles. The molecular formula is C24H34N4O3S. The third-order valence-electron chi connectivity index (χ3n) is 6.04. The second-order valence-electron chi connectivity index (χ2n) is 9.60. The van der Waals surface area contributed by atoms with Crippen LogP contribution in [0, 0.1) is 12.3 Å². The number of thiazole rings is 1. The van der Waals surface area contributed by atoms with Crippen molar-refractivity contribution in [3.63, 3.8) is 0 Å². The van der Waals surface area contributed by atoms with E-state index < -0.39 is 18.2 Å². The lowest BCUT2D eigenvalue weighted by atomic mass is 9.86. The van der Waals surface area contributed by atoms with Gasteiger partial charge in [0.2, 0.25) is 11.8 Å². The zero-order chi connectivity index (χ0) is 23.6. The third kappa shape index (κ3) is 5.19. The molecule has 8 heteroatoms. The van der Waals surface area contributed by atoms with Crippen LogP contribution in [-0.4, -0.2) is 58.6 Å². The van der Waals surface area contributed by atoms with Crippen molar-refractivity contribution in [2.75, 3.05) is 13.6 Å². The van der Waals surface area contributed by atoms with Gasteiger partial charge in [-0.2, -0.15) is 0 Å². The molecule has 2 heterocycles. The molecule has 0 saturated carbocycles. The summed E-state index contributed by atoms with van der Waals surface area (Å²) >= 11 is 1.61. The maximum absolute atomic E-state index is 13.2. The van der Waals surface area contributed by atoms with Gasteiger partial charge in [-0.1, -0.05) is 45.0 Å².